The molecule has 0 bridgehead atoms. The molecule has 9 heteroatoms. The Hall–Kier alpha value is -0.426. The SMILES string of the molecule is CCC(CNCC(CC)C(=O)CCC[Si](C)(OC)OC)C(=O)CCC[Si](C)(OC)OC. The van der Waals surface area contributed by atoms with Crippen LogP contribution in [0.5, 0.6) is 0 Å². The summed E-state index contributed by atoms with van der Waals surface area (Å²) in [7, 11) is 2.48. The summed E-state index contributed by atoms with van der Waals surface area (Å²) in [5.74, 6) is 0.532. The number of nitrogens with one attached hydrogen (secondary N) is 1. The fourth-order valence-corrected chi connectivity index (χ4v) is 6.34. The number of hydrogen-bond donors (Lipinski definition) is 1. The third-order valence-electron chi connectivity index (χ3n) is 6.51. The van der Waals surface area contributed by atoms with E-state index in [4.69, 9.17) is 17.7 Å². The van der Waals surface area contributed by atoms with Crippen LogP contribution in [0.15, 0.2) is 0 Å². The van der Waals surface area contributed by atoms with E-state index in [1.165, 1.54) is 0 Å². The first-order chi connectivity index (χ1) is 14.6. The number of carbonyl (C=O) groups excluding carboxylic acids is 2. The molecule has 184 valence electrons. The van der Waals surface area contributed by atoms with Crippen molar-refractivity contribution >= 4 is 28.7 Å². The third kappa shape index (κ3) is 11.8. The van der Waals surface area contributed by atoms with Crippen molar-refractivity contribution in [2.75, 3.05) is 41.5 Å². The van der Waals surface area contributed by atoms with Crippen LogP contribution in [0.25, 0.3) is 0 Å². The van der Waals surface area contributed by atoms with Crippen LogP contribution in [0, 0.1) is 11.8 Å². The first-order valence-electron chi connectivity index (χ1n) is 11.6. The zero-order chi connectivity index (χ0) is 23.9. The minimum absolute atomic E-state index is 0.0132. The van der Waals surface area contributed by atoms with Gasteiger partial charge in [-0.05, 0) is 50.9 Å². The summed E-state index contributed by atoms with van der Waals surface area (Å²) in [6.07, 6.45) is 4.29. The van der Waals surface area contributed by atoms with E-state index in [2.05, 4.69) is 5.32 Å². The molecule has 0 amide bonds. The zero-order valence-corrected chi connectivity index (χ0v) is 23.2. The third-order valence-corrected chi connectivity index (χ3v) is 12.5. The maximum Gasteiger partial charge on any atom is 0.334 e. The maximum absolute atomic E-state index is 12.6. The van der Waals surface area contributed by atoms with Gasteiger partial charge >= 0.3 is 17.1 Å². The molecule has 0 heterocycles. The fourth-order valence-electron chi connectivity index (χ4n) is 3.55. The quantitative estimate of drug-likeness (QED) is 0.265. The van der Waals surface area contributed by atoms with E-state index in [1.54, 1.807) is 28.4 Å². The molecule has 0 saturated heterocycles. The number of hydrogen-bond acceptors (Lipinski definition) is 7. The summed E-state index contributed by atoms with van der Waals surface area (Å²) in [5.41, 5.74) is 0. The Kier molecular flexibility index (Phi) is 16.0. The van der Waals surface area contributed by atoms with Crippen LogP contribution in [0.2, 0.25) is 25.2 Å². The lowest BCUT2D eigenvalue weighted by molar-refractivity contribution is -0.122. The van der Waals surface area contributed by atoms with Crippen LogP contribution in [-0.4, -0.2) is 70.2 Å². The minimum atomic E-state index is -2.11. The molecule has 0 rings (SSSR count). The molecule has 0 radical (unpaired) electrons. The van der Waals surface area contributed by atoms with Gasteiger partial charge in [-0.15, -0.1) is 0 Å². The molecule has 2 unspecified atom stereocenters. The standard InChI is InChI=1S/C22H47NO6Si2/c1-9-19(21(24)13-11-15-30(7,26-3)27-4)17-23-18-20(10-2)22(25)14-12-16-31(8,28-5)29-6/h19-20,23H,9-18H2,1-8H3. The van der Waals surface area contributed by atoms with Gasteiger partial charge in [0, 0.05) is 66.2 Å². The largest absolute Gasteiger partial charge is 0.398 e. The van der Waals surface area contributed by atoms with E-state index in [-0.39, 0.29) is 23.4 Å². The molecule has 0 aliphatic carbocycles. The Morgan fingerprint density at radius 2 is 1.03 bits per heavy atom. The Morgan fingerprint density at radius 1 is 0.710 bits per heavy atom. The van der Waals surface area contributed by atoms with E-state index < -0.39 is 17.1 Å². The van der Waals surface area contributed by atoms with E-state index >= 15 is 0 Å². The number of ketones is 2. The Balaban J connectivity index is 4.39. The van der Waals surface area contributed by atoms with E-state index in [9.17, 15) is 9.59 Å². The van der Waals surface area contributed by atoms with Crippen molar-refractivity contribution in [3.05, 3.63) is 0 Å². The van der Waals surface area contributed by atoms with Crippen LogP contribution in [0.3, 0.4) is 0 Å². The summed E-state index contributed by atoms with van der Waals surface area (Å²) in [6.45, 7) is 9.38. The summed E-state index contributed by atoms with van der Waals surface area (Å²) >= 11 is 0. The smallest absolute Gasteiger partial charge is 0.334 e. The van der Waals surface area contributed by atoms with Gasteiger partial charge in [-0.2, -0.15) is 0 Å². The van der Waals surface area contributed by atoms with Crippen LogP contribution < -0.4 is 5.32 Å². The lowest BCUT2D eigenvalue weighted by atomic mass is 9.95. The molecule has 0 spiro atoms. The molecule has 0 aromatic heterocycles. The second-order valence-electron chi connectivity index (χ2n) is 8.59. The maximum atomic E-state index is 12.6. The average Bonchev–Trinajstić information content (AvgIpc) is 2.78. The highest BCUT2D eigenvalue weighted by molar-refractivity contribution is 6.66. The normalized spacial score (nSPS) is 14.5. The van der Waals surface area contributed by atoms with Crippen LogP contribution >= 0.6 is 0 Å². The molecular weight excluding hydrogens is 430 g/mol. The number of Topliss-reactive ketones (excluding diaryl/α,β-unsaturated/α-hetero) is 2. The summed E-state index contributed by atoms with van der Waals surface area (Å²) < 4.78 is 22.0. The highest BCUT2D eigenvalue weighted by Gasteiger charge is 2.30. The second kappa shape index (κ2) is 16.2. The van der Waals surface area contributed by atoms with Crippen LogP contribution in [0.4, 0.5) is 0 Å². The molecule has 0 fully saturated rings. The molecule has 0 aromatic carbocycles. The lowest BCUT2D eigenvalue weighted by Crippen LogP contribution is -2.37. The van der Waals surface area contributed by atoms with Gasteiger partial charge in [0.2, 0.25) is 0 Å². The van der Waals surface area contributed by atoms with Crippen molar-refractivity contribution in [1.29, 1.82) is 0 Å². The van der Waals surface area contributed by atoms with Gasteiger partial charge < -0.3 is 23.0 Å². The molecule has 2 atom stereocenters. The van der Waals surface area contributed by atoms with Crippen LogP contribution in [-0.2, 0) is 27.3 Å². The molecular formula is C22H47NO6Si2. The van der Waals surface area contributed by atoms with Crippen molar-refractivity contribution in [3.8, 4) is 0 Å². The second-order valence-corrected chi connectivity index (χ2v) is 15.8. The van der Waals surface area contributed by atoms with Gasteiger partial charge in [-0.25, -0.2) is 0 Å². The fraction of sp³-hybridized carbons (Fsp3) is 0.909. The lowest BCUT2D eigenvalue weighted by Gasteiger charge is -2.23. The highest BCUT2D eigenvalue weighted by Crippen LogP contribution is 2.19. The molecule has 1 N–H and O–H groups in total. The number of carbonyl (C=O) groups is 2. The summed E-state index contributed by atoms with van der Waals surface area (Å²) in [6, 6.07) is 1.63. The predicted molar refractivity (Wildman–Crippen MR) is 130 cm³/mol. The Labute approximate surface area is 192 Å². The van der Waals surface area contributed by atoms with E-state index in [1.807, 2.05) is 26.9 Å². The number of rotatable bonds is 20. The van der Waals surface area contributed by atoms with Gasteiger partial charge in [0.15, 0.2) is 0 Å². The molecule has 31 heavy (non-hydrogen) atoms. The molecule has 7 nitrogen and oxygen atoms in total. The minimum Gasteiger partial charge on any atom is -0.398 e. The predicted octanol–water partition coefficient (Wildman–Crippen LogP) is 4.06. The van der Waals surface area contributed by atoms with E-state index in [0.29, 0.717) is 25.9 Å². The van der Waals surface area contributed by atoms with E-state index in [0.717, 1.165) is 37.8 Å². The van der Waals surface area contributed by atoms with Gasteiger partial charge in [0.25, 0.3) is 0 Å². The molecule has 0 saturated carbocycles. The van der Waals surface area contributed by atoms with Gasteiger partial charge in [-0.1, -0.05) is 13.8 Å². The van der Waals surface area contributed by atoms with Crippen molar-refractivity contribution in [2.24, 2.45) is 11.8 Å². The Morgan fingerprint density at radius 3 is 1.29 bits per heavy atom. The molecule has 0 aromatic rings. The zero-order valence-electron chi connectivity index (χ0n) is 21.2. The topological polar surface area (TPSA) is 83.1 Å². The van der Waals surface area contributed by atoms with Crippen LogP contribution in [0.1, 0.15) is 52.4 Å². The molecule has 0 aliphatic heterocycles. The monoisotopic (exact) mass is 477 g/mol. The van der Waals surface area contributed by atoms with Crippen molar-refractivity contribution in [2.45, 2.75) is 77.6 Å². The first kappa shape index (κ1) is 30.6. The average molecular weight is 478 g/mol. The van der Waals surface area contributed by atoms with Gasteiger partial charge in [0.05, 0.1) is 0 Å². The summed E-state index contributed by atoms with van der Waals surface area (Å²) in [4.78, 5) is 25.2. The molecule has 0 aliphatic rings. The Bertz CT molecular complexity index is 468. The van der Waals surface area contributed by atoms with Crippen molar-refractivity contribution < 1.29 is 27.3 Å². The van der Waals surface area contributed by atoms with Gasteiger partial charge in [0.1, 0.15) is 11.6 Å². The van der Waals surface area contributed by atoms with Crippen molar-refractivity contribution in [3.63, 3.8) is 0 Å². The van der Waals surface area contributed by atoms with Crippen molar-refractivity contribution in [1.82, 2.24) is 5.32 Å². The highest BCUT2D eigenvalue weighted by atomic mass is 28.4. The first-order valence-corrected chi connectivity index (χ1v) is 16.7. The van der Waals surface area contributed by atoms with Gasteiger partial charge in [-0.3, -0.25) is 9.59 Å². The summed E-state index contributed by atoms with van der Waals surface area (Å²) in [5, 5.41) is 3.38.